The normalized spacial score (nSPS) is 11.6. The molecule has 7 nitrogen and oxygen atoms in total. The van der Waals surface area contributed by atoms with Crippen molar-refractivity contribution in [1.82, 2.24) is 4.98 Å². The summed E-state index contributed by atoms with van der Waals surface area (Å²) in [5, 5.41) is 2.93. The van der Waals surface area contributed by atoms with Crippen molar-refractivity contribution in [2.75, 3.05) is 19.5 Å². The molecule has 8 heteroatoms. The third kappa shape index (κ3) is 4.77. The van der Waals surface area contributed by atoms with Gasteiger partial charge in [-0.15, -0.1) is 0 Å². The van der Waals surface area contributed by atoms with E-state index >= 15 is 0 Å². The van der Waals surface area contributed by atoms with E-state index in [0.717, 1.165) is 22.6 Å². The van der Waals surface area contributed by atoms with Crippen LogP contribution in [0.25, 0.3) is 0 Å². The van der Waals surface area contributed by atoms with Crippen LogP contribution >= 0.6 is 11.3 Å². The largest absolute Gasteiger partial charge is 0.497 e. The number of thiazole rings is 1. The fourth-order valence-corrected chi connectivity index (χ4v) is 2.53. The number of amides is 1. The van der Waals surface area contributed by atoms with Gasteiger partial charge >= 0.3 is 5.97 Å². The van der Waals surface area contributed by atoms with Gasteiger partial charge in [0.25, 0.3) is 5.91 Å². The second kappa shape index (κ2) is 8.42. The van der Waals surface area contributed by atoms with Crippen LogP contribution in [0, 0.1) is 0 Å². The number of nitrogens with zero attached hydrogens (tertiary/aromatic N) is 1. The molecule has 0 radical (unpaired) electrons. The first-order valence-electron chi connectivity index (χ1n) is 7.13. The fourth-order valence-electron chi connectivity index (χ4n) is 1.79. The number of aromatic nitrogens is 1. The Hall–Kier alpha value is -2.45. The first kappa shape index (κ1) is 17.9. The highest BCUT2D eigenvalue weighted by Gasteiger charge is 2.17. The smallest absolute Gasteiger partial charge is 0.349 e. The van der Waals surface area contributed by atoms with Crippen molar-refractivity contribution in [3.05, 3.63) is 40.9 Å². The molecule has 0 aliphatic heterocycles. The van der Waals surface area contributed by atoms with Gasteiger partial charge in [0, 0.05) is 0 Å². The molecule has 1 atom stereocenters. The monoisotopic (exact) mass is 350 g/mol. The maximum atomic E-state index is 12.1. The van der Waals surface area contributed by atoms with Crippen molar-refractivity contribution in [3.63, 3.8) is 0 Å². The average molecular weight is 350 g/mol. The summed E-state index contributed by atoms with van der Waals surface area (Å²) in [6.45, 7) is 1.92. The lowest BCUT2D eigenvalue weighted by molar-refractivity contribution is -0.127. The van der Waals surface area contributed by atoms with E-state index in [9.17, 15) is 9.59 Å². The summed E-state index contributed by atoms with van der Waals surface area (Å²) in [7, 11) is 2.88. The number of rotatable bonds is 7. The zero-order valence-electron chi connectivity index (χ0n) is 13.6. The number of esters is 1. The summed E-state index contributed by atoms with van der Waals surface area (Å²) in [6, 6.07) is 7.41. The fraction of sp³-hybridized carbons (Fsp3) is 0.312. The highest BCUT2D eigenvalue weighted by atomic mass is 32.1. The Bertz CT molecular complexity index is 716. The van der Waals surface area contributed by atoms with Crippen LogP contribution in [0.5, 0.6) is 5.75 Å². The SMILES string of the molecule is COC(=O)c1cnc(NC(=O)C(C)OCc2cccc(OC)c2)s1. The van der Waals surface area contributed by atoms with Crippen LogP contribution < -0.4 is 10.1 Å². The van der Waals surface area contributed by atoms with Crippen molar-refractivity contribution in [3.8, 4) is 5.75 Å². The molecule has 0 saturated carbocycles. The van der Waals surface area contributed by atoms with E-state index < -0.39 is 12.1 Å². The van der Waals surface area contributed by atoms with Crippen LogP contribution in [0.1, 0.15) is 22.2 Å². The molecule has 128 valence electrons. The molecule has 1 unspecified atom stereocenters. The van der Waals surface area contributed by atoms with Crippen LogP contribution in [-0.2, 0) is 20.9 Å². The van der Waals surface area contributed by atoms with Gasteiger partial charge in [-0.1, -0.05) is 23.5 Å². The lowest BCUT2D eigenvalue weighted by Crippen LogP contribution is -2.27. The van der Waals surface area contributed by atoms with E-state index in [0.29, 0.717) is 10.0 Å². The number of anilines is 1. The van der Waals surface area contributed by atoms with E-state index in [1.165, 1.54) is 13.3 Å². The molecule has 1 aromatic heterocycles. The van der Waals surface area contributed by atoms with Crippen LogP contribution in [0.2, 0.25) is 0 Å². The average Bonchev–Trinajstić information content (AvgIpc) is 3.07. The molecule has 0 saturated heterocycles. The van der Waals surface area contributed by atoms with Gasteiger partial charge in [-0.05, 0) is 24.6 Å². The van der Waals surface area contributed by atoms with Crippen molar-refractivity contribution in [2.24, 2.45) is 0 Å². The number of methoxy groups -OCH3 is 2. The summed E-state index contributed by atoms with van der Waals surface area (Å²) < 4.78 is 15.3. The molecule has 1 aromatic carbocycles. The van der Waals surface area contributed by atoms with Crippen LogP contribution in [0.15, 0.2) is 30.5 Å². The Morgan fingerprint density at radius 1 is 1.33 bits per heavy atom. The summed E-state index contributed by atoms with van der Waals surface area (Å²) in [6.07, 6.45) is 0.676. The number of ether oxygens (including phenoxy) is 3. The van der Waals surface area contributed by atoms with Gasteiger partial charge in [-0.3, -0.25) is 10.1 Å². The van der Waals surface area contributed by atoms with Gasteiger partial charge in [-0.25, -0.2) is 9.78 Å². The Balaban J connectivity index is 1.87. The number of hydrogen-bond acceptors (Lipinski definition) is 7. The summed E-state index contributed by atoms with van der Waals surface area (Å²) in [4.78, 5) is 27.7. The maximum absolute atomic E-state index is 12.1. The Kier molecular flexibility index (Phi) is 6.28. The minimum atomic E-state index is -0.679. The van der Waals surface area contributed by atoms with Crippen LogP contribution in [0.3, 0.4) is 0 Å². The van der Waals surface area contributed by atoms with Gasteiger partial charge in [0.15, 0.2) is 5.13 Å². The highest BCUT2D eigenvalue weighted by Crippen LogP contribution is 2.19. The van der Waals surface area contributed by atoms with Crippen molar-refractivity contribution < 1.29 is 23.8 Å². The molecular formula is C16H18N2O5S. The van der Waals surface area contributed by atoms with Gasteiger partial charge in [0.2, 0.25) is 0 Å². The molecule has 0 spiro atoms. The number of nitrogens with one attached hydrogen (secondary N) is 1. The number of hydrogen-bond donors (Lipinski definition) is 1. The first-order valence-corrected chi connectivity index (χ1v) is 7.94. The number of carbonyl (C=O) groups excluding carboxylic acids is 2. The standard InChI is InChI=1S/C16H18N2O5S/c1-10(23-9-11-5-4-6-12(7-11)21-2)14(19)18-16-17-8-13(24-16)15(20)22-3/h4-8,10H,9H2,1-3H3,(H,17,18,19). The molecule has 24 heavy (non-hydrogen) atoms. The van der Waals surface area contributed by atoms with Gasteiger partial charge < -0.3 is 14.2 Å². The van der Waals surface area contributed by atoms with E-state index in [2.05, 4.69) is 15.0 Å². The summed E-state index contributed by atoms with van der Waals surface area (Å²) >= 11 is 1.04. The molecule has 2 aromatic rings. The highest BCUT2D eigenvalue weighted by molar-refractivity contribution is 7.17. The predicted molar refractivity (Wildman–Crippen MR) is 89.3 cm³/mol. The molecule has 0 aliphatic rings. The molecule has 1 heterocycles. The zero-order valence-corrected chi connectivity index (χ0v) is 14.4. The number of benzene rings is 1. The lowest BCUT2D eigenvalue weighted by atomic mass is 10.2. The van der Waals surface area contributed by atoms with Gasteiger partial charge in [0.1, 0.15) is 16.7 Å². The van der Waals surface area contributed by atoms with Gasteiger partial charge in [-0.2, -0.15) is 0 Å². The van der Waals surface area contributed by atoms with E-state index in [1.807, 2.05) is 24.3 Å². The molecule has 0 bridgehead atoms. The third-order valence-corrected chi connectivity index (χ3v) is 4.02. The van der Waals surface area contributed by atoms with Crippen molar-refractivity contribution >= 4 is 28.3 Å². The quantitative estimate of drug-likeness (QED) is 0.772. The third-order valence-electron chi connectivity index (χ3n) is 3.13. The lowest BCUT2D eigenvalue weighted by Gasteiger charge is -2.12. The minimum absolute atomic E-state index is 0.275. The van der Waals surface area contributed by atoms with E-state index in [4.69, 9.17) is 9.47 Å². The first-order chi connectivity index (χ1) is 11.5. The second-order valence-corrected chi connectivity index (χ2v) is 5.85. The Labute approximate surface area is 143 Å². The molecule has 0 aliphatic carbocycles. The zero-order chi connectivity index (χ0) is 17.5. The van der Waals surface area contributed by atoms with Crippen molar-refractivity contribution in [2.45, 2.75) is 19.6 Å². The van der Waals surface area contributed by atoms with E-state index in [-0.39, 0.29) is 12.5 Å². The van der Waals surface area contributed by atoms with Crippen LogP contribution in [-0.4, -0.2) is 37.2 Å². The predicted octanol–water partition coefficient (Wildman–Crippen LogP) is 2.48. The topological polar surface area (TPSA) is 86.8 Å². The van der Waals surface area contributed by atoms with Crippen molar-refractivity contribution in [1.29, 1.82) is 0 Å². The molecule has 2 rings (SSSR count). The minimum Gasteiger partial charge on any atom is -0.497 e. The van der Waals surface area contributed by atoms with Crippen LogP contribution in [0.4, 0.5) is 5.13 Å². The summed E-state index contributed by atoms with van der Waals surface area (Å²) in [5.41, 5.74) is 0.899. The Morgan fingerprint density at radius 3 is 2.83 bits per heavy atom. The molecular weight excluding hydrogens is 332 g/mol. The maximum Gasteiger partial charge on any atom is 0.349 e. The van der Waals surface area contributed by atoms with E-state index in [1.54, 1.807) is 14.0 Å². The Morgan fingerprint density at radius 2 is 2.12 bits per heavy atom. The second-order valence-electron chi connectivity index (χ2n) is 4.82. The van der Waals surface area contributed by atoms with Gasteiger partial charge in [0.05, 0.1) is 27.0 Å². The molecule has 1 amide bonds. The number of carbonyl (C=O) groups is 2. The summed E-state index contributed by atoms with van der Waals surface area (Å²) in [5.74, 6) is -0.106. The molecule has 1 N–H and O–H groups in total. The molecule has 0 fully saturated rings.